The Bertz CT molecular complexity index is 239. The molecule has 0 aromatic carbocycles. The van der Waals surface area contributed by atoms with Gasteiger partial charge in [0.15, 0.2) is 0 Å². The van der Waals surface area contributed by atoms with E-state index in [1.807, 2.05) is 0 Å². The van der Waals surface area contributed by atoms with Crippen LogP contribution in [0.25, 0.3) is 0 Å². The van der Waals surface area contributed by atoms with Gasteiger partial charge in [-0.15, -0.1) is 0 Å². The first-order valence-corrected chi connectivity index (χ1v) is 8.19. The van der Waals surface area contributed by atoms with Crippen LogP contribution in [0.15, 0.2) is 0 Å². The molecule has 2 heteroatoms. The first-order chi connectivity index (χ1) is 8.69. The molecule has 18 heavy (non-hydrogen) atoms. The number of nitrogens with zero attached hydrogens (tertiary/aromatic N) is 1. The van der Waals surface area contributed by atoms with Gasteiger partial charge in [0, 0.05) is 24.7 Å². The van der Waals surface area contributed by atoms with E-state index < -0.39 is 0 Å². The maximum absolute atomic E-state index is 3.73. The lowest BCUT2D eigenvalue weighted by molar-refractivity contribution is 0.0896. The first kappa shape index (κ1) is 14.3. The molecule has 1 saturated carbocycles. The van der Waals surface area contributed by atoms with E-state index >= 15 is 0 Å². The standard InChI is InChI=1S/C16H32N2/c1-4-14-7-5-9-16(11-14)18-10-6-8-15(12-18)17-13(2)3/h13-17H,4-12H2,1-3H3. The van der Waals surface area contributed by atoms with Crippen molar-refractivity contribution in [2.45, 2.75) is 83.8 Å². The molecule has 0 amide bonds. The highest BCUT2D eigenvalue weighted by molar-refractivity contribution is 4.86. The fourth-order valence-electron chi connectivity index (χ4n) is 3.91. The Morgan fingerprint density at radius 3 is 2.72 bits per heavy atom. The molecule has 0 aromatic heterocycles. The number of likely N-dealkylation sites (tertiary alicyclic amines) is 1. The fourth-order valence-corrected chi connectivity index (χ4v) is 3.91. The summed E-state index contributed by atoms with van der Waals surface area (Å²) in [6.45, 7) is 9.54. The molecule has 2 rings (SSSR count). The summed E-state index contributed by atoms with van der Waals surface area (Å²) in [5.74, 6) is 1.00. The minimum Gasteiger partial charge on any atom is -0.311 e. The summed E-state index contributed by atoms with van der Waals surface area (Å²) in [7, 11) is 0. The van der Waals surface area contributed by atoms with Crippen LogP contribution in [0.1, 0.15) is 65.7 Å². The van der Waals surface area contributed by atoms with Gasteiger partial charge in [0.05, 0.1) is 0 Å². The molecule has 2 nitrogen and oxygen atoms in total. The molecule has 2 aliphatic rings. The SMILES string of the molecule is CCC1CCCC(N2CCCC(NC(C)C)C2)C1. The lowest BCUT2D eigenvalue weighted by Crippen LogP contribution is -2.51. The maximum Gasteiger partial charge on any atom is 0.0197 e. The topological polar surface area (TPSA) is 15.3 Å². The Morgan fingerprint density at radius 1 is 1.17 bits per heavy atom. The number of rotatable bonds is 4. The molecule has 106 valence electrons. The van der Waals surface area contributed by atoms with Gasteiger partial charge in [-0.05, 0) is 38.1 Å². The van der Waals surface area contributed by atoms with Gasteiger partial charge in [-0.1, -0.05) is 40.0 Å². The fraction of sp³-hybridized carbons (Fsp3) is 1.00. The predicted octanol–water partition coefficient (Wildman–Crippen LogP) is 3.42. The van der Waals surface area contributed by atoms with Crippen LogP contribution in [-0.4, -0.2) is 36.1 Å². The third-order valence-corrected chi connectivity index (χ3v) is 4.87. The predicted molar refractivity (Wildman–Crippen MR) is 78.9 cm³/mol. The van der Waals surface area contributed by atoms with Crippen molar-refractivity contribution in [3.63, 3.8) is 0 Å². The molecular formula is C16H32N2. The van der Waals surface area contributed by atoms with Crippen molar-refractivity contribution in [2.75, 3.05) is 13.1 Å². The van der Waals surface area contributed by atoms with Gasteiger partial charge < -0.3 is 5.32 Å². The highest BCUT2D eigenvalue weighted by Gasteiger charge is 2.29. The van der Waals surface area contributed by atoms with E-state index in [2.05, 4.69) is 31.0 Å². The van der Waals surface area contributed by atoms with E-state index in [4.69, 9.17) is 0 Å². The molecule has 1 saturated heterocycles. The summed E-state index contributed by atoms with van der Waals surface area (Å²) in [5.41, 5.74) is 0. The summed E-state index contributed by atoms with van der Waals surface area (Å²) < 4.78 is 0. The molecule has 1 aliphatic heterocycles. The average Bonchev–Trinajstić information content (AvgIpc) is 2.38. The molecule has 0 spiro atoms. The molecule has 2 fully saturated rings. The minimum atomic E-state index is 0.629. The van der Waals surface area contributed by atoms with Crippen LogP contribution in [0.3, 0.4) is 0 Å². The lowest BCUT2D eigenvalue weighted by atomic mass is 9.83. The Hall–Kier alpha value is -0.0800. The van der Waals surface area contributed by atoms with E-state index in [9.17, 15) is 0 Å². The summed E-state index contributed by atoms with van der Waals surface area (Å²) in [6, 6.07) is 2.26. The van der Waals surface area contributed by atoms with Crippen LogP contribution in [0.2, 0.25) is 0 Å². The van der Waals surface area contributed by atoms with Gasteiger partial charge in [0.2, 0.25) is 0 Å². The largest absolute Gasteiger partial charge is 0.311 e. The molecule has 1 aliphatic carbocycles. The van der Waals surface area contributed by atoms with E-state index in [0.717, 1.165) is 18.0 Å². The van der Waals surface area contributed by atoms with Crippen molar-refractivity contribution in [1.29, 1.82) is 0 Å². The maximum atomic E-state index is 3.73. The molecule has 1 heterocycles. The highest BCUT2D eigenvalue weighted by atomic mass is 15.2. The van der Waals surface area contributed by atoms with E-state index in [-0.39, 0.29) is 0 Å². The Balaban J connectivity index is 1.84. The van der Waals surface area contributed by atoms with Crippen LogP contribution >= 0.6 is 0 Å². The number of piperidine rings is 1. The lowest BCUT2D eigenvalue weighted by Gasteiger charge is -2.42. The molecule has 3 atom stereocenters. The van der Waals surface area contributed by atoms with Crippen molar-refractivity contribution < 1.29 is 0 Å². The van der Waals surface area contributed by atoms with Crippen LogP contribution in [-0.2, 0) is 0 Å². The van der Waals surface area contributed by atoms with Gasteiger partial charge in [-0.25, -0.2) is 0 Å². The Morgan fingerprint density at radius 2 is 2.00 bits per heavy atom. The van der Waals surface area contributed by atoms with Gasteiger partial charge >= 0.3 is 0 Å². The molecule has 1 N–H and O–H groups in total. The summed E-state index contributed by atoms with van der Waals surface area (Å²) in [6.07, 6.45) is 10.0. The van der Waals surface area contributed by atoms with Crippen molar-refractivity contribution in [1.82, 2.24) is 10.2 Å². The zero-order chi connectivity index (χ0) is 13.0. The second-order valence-corrected chi connectivity index (χ2v) is 6.75. The third kappa shape index (κ3) is 3.96. The number of hydrogen-bond donors (Lipinski definition) is 1. The monoisotopic (exact) mass is 252 g/mol. The van der Waals surface area contributed by atoms with E-state index in [1.54, 1.807) is 0 Å². The second kappa shape index (κ2) is 6.91. The third-order valence-electron chi connectivity index (χ3n) is 4.87. The van der Waals surface area contributed by atoms with E-state index in [1.165, 1.54) is 58.0 Å². The second-order valence-electron chi connectivity index (χ2n) is 6.75. The highest BCUT2D eigenvalue weighted by Crippen LogP contribution is 2.31. The zero-order valence-electron chi connectivity index (χ0n) is 12.6. The molecule has 0 aromatic rings. The summed E-state index contributed by atoms with van der Waals surface area (Å²) in [5, 5.41) is 3.73. The smallest absolute Gasteiger partial charge is 0.0197 e. The van der Waals surface area contributed by atoms with Crippen molar-refractivity contribution in [2.24, 2.45) is 5.92 Å². The van der Waals surface area contributed by atoms with Gasteiger partial charge in [0.25, 0.3) is 0 Å². The average molecular weight is 252 g/mol. The van der Waals surface area contributed by atoms with Gasteiger partial charge in [-0.3, -0.25) is 4.90 Å². The van der Waals surface area contributed by atoms with Gasteiger partial charge in [0.1, 0.15) is 0 Å². The number of nitrogens with one attached hydrogen (secondary N) is 1. The van der Waals surface area contributed by atoms with Crippen LogP contribution in [0, 0.1) is 5.92 Å². The van der Waals surface area contributed by atoms with Crippen LogP contribution < -0.4 is 5.32 Å². The van der Waals surface area contributed by atoms with Crippen LogP contribution in [0.5, 0.6) is 0 Å². The zero-order valence-corrected chi connectivity index (χ0v) is 12.6. The Kier molecular flexibility index (Phi) is 5.50. The number of hydrogen-bond acceptors (Lipinski definition) is 2. The molecule has 3 unspecified atom stereocenters. The molecular weight excluding hydrogens is 220 g/mol. The molecule has 0 bridgehead atoms. The van der Waals surface area contributed by atoms with Crippen LogP contribution in [0.4, 0.5) is 0 Å². The molecule has 0 radical (unpaired) electrons. The van der Waals surface area contributed by atoms with Crippen molar-refractivity contribution in [3.05, 3.63) is 0 Å². The Labute approximate surface area is 114 Å². The first-order valence-electron chi connectivity index (χ1n) is 8.19. The normalized spacial score (nSPS) is 35.0. The summed E-state index contributed by atoms with van der Waals surface area (Å²) >= 11 is 0. The van der Waals surface area contributed by atoms with Gasteiger partial charge in [-0.2, -0.15) is 0 Å². The van der Waals surface area contributed by atoms with Crippen molar-refractivity contribution >= 4 is 0 Å². The minimum absolute atomic E-state index is 0.629. The van der Waals surface area contributed by atoms with E-state index in [0.29, 0.717) is 6.04 Å². The quantitative estimate of drug-likeness (QED) is 0.825. The summed E-state index contributed by atoms with van der Waals surface area (Å²) in [4.78, 5) is 2.80. The van der Waals surface area contributed by atoms with Crippen molar-refractivity contribution in [3.8, 4) is 0 Å².